The maximum absolute atomic E-state index is 12.7. The summed E-state index contributed by atoms with van der Waals surface area (Å²) in [5, 5.41) is 6.57. The minimum absolute atomic E-state index is 0.150. The summed E-state index contributed by atoms with van der Waals surface area (Å²) in [6.07, 6.45) is 1.74. The molecule has 3 rings (SSSR count). The van der Waals surface area contributed by atoms with Crippen LogP contribution in [-0.4, -0.2) is 11.8 Å². The van der Waals surface area contributed by atoms with Gasteiger partial charge in [0, 0.05) is 5.56 Å². The average Bonchev–Trinajstić information content (AvgIpc) is 3.22. The van der Waals surface area contributed by atoms with Gasteiger partial charge in [-0.05, 0) is 58.5 Å². The molecule has 0 aromatic carbocycles. The van der Waals surface area contributed by atoms with Crippen molar-refractivity contribution in [2.75, 3.05) is 5.32 Å². The van der Waals surface area contributed by atoms with Crippen LogP contribution in [-0.2, 0) is 0 Å². The minimum atomic E-state index is -0.211. The summed E-state index contributed by atoms with van der Waals surface area (Å²) in [6.45, 7) is 1.88. The molecule has 1 N–H and O–H groups in total. The van der Waals surface area contributed by atoms with Crippen LogP contribution in [0.1, 0.15) is 24.9 Å². The molecule has 3 aromatic heterocycles. The van der Waals surface area contributed by atoms with Crippen LogP contribution < -0.4 is 9.88 Å². The lowest BCUT2D eigenvalue weighted by molar-refractivity contribution is -0.556. The number of hydrogen-bond acceptors (Lipinski definition) is 4. The van der Waals surface area contributed by atoms with E-state index in [1.165, 1.54) is 27.2 Å². The Balaban J connectivity index is 2.02. The third kappa shape index (κ3) is 3.51. The van der Waals surface area contributed by atoms with E-state index < -0.39 is 0 Å². The van der Waals surface area contributed by atoms with Gasteiger partial charge in [-0.2, -0.15) is 4.57 Å². The number of rotatable bonds is 3. The van der Waals surface area contributed by atoms with Crippen LogP contribution in [0.15, 0.2) is 47.3 Å². The molecular formula is C16H12IN2O2S2+. The van der Waals surface area contributed by atoms with Crippen molar-refractivity contribution in [1.82, 2.24) is 0 Å². The van der Waals surface area contributed by atoms with Crippen molar-refractivity contribution in [3.05, 3.63) is 66.2 Å². The fourth-order valence-corrected chi connectivity index (χ4v) is 4.13. The Labute approximate surface area is 154 Å². The second-order valence-electron chi connectivity index (χ2n) is 4.77. The van der Waals surface area contributed by atoms with E-state index in [9.17, 15) is 9.59 Å². The predicted molar refractivity (Wildman–Crippen MR) is 100 cm³/mol. The predicted octanol–water partition coefficient (Wildman–Crippen LogP) is 3.95. The summed E-state index contributed by atoms with van der Waals surface area (Å²) in [4.78, 5) is 26.3. The van der Waals surface area contributed by atoms with E-state index in [0.29, 0.717) is 15.6 Å². The van der Waals surface area contributed by atoms with E-state index in [0.717, 1.165) is 9.13 Å². The smallest absolute Gasteiger partial charge is 0.240 e. The number of aromatic nitrogens is 1. The SMILES string of the molecule is Cc1cc(I)c[n+](C(=O)c2cccs2)c1NC(=O)c1cccs1. The first-order chi connectivity index (χ1) is 11.1. The largest absolute Gasteiger partial charge is 0.355 e. The second-order valence-corrected chi connectivity index (χ2v) is 7.91. The van der Waals surface area contributed by atoms with E-state index in [2.05, 4.69) is 27.9 Å². The number of anilines is 1. The van der Waals surface area contributed by atoms with Crippen molar-refractivity contribution >= 4 is 62.9 Å². The second kappa shape index (κ2) is 6.90. The Bertz CT molecular complexity index is 859. The standard InChI is InChI=1S/C16H11IN2O2S2/c1-10-8-11(17)9-19(16(21)13-5-3-7-23-13)14(10)18-15(20)12-4-2-6-22-12/h2-9H,1H3/p+1. The third-order valence-electron chi connectivity index (χ3n) is 3.15. The molecule has 3 heterocycles. The number of hydrogen-bond donors (Lipinski definition) is 1. The number of amides is 1. The summed E-state index contributed by atoms with van der Waals surface area (Å²) >= 11 is 4.91. The molecule has 3 aromatic rings. The molecular weight excluding hydrogens is 443 g/mol. The van der Waals surface area contributed by atoms with Crippen LogP contribution in [0.25, 0.3) is 0 Å². The number of nitrogens with one attached hydrogen (secondary N) is 1. The Morgan fingerprint density at radius 2 is 1.78 bits per heavy atom. The highest BCUT2D eigenvalue weighted by Gasteiger charge is 2.25. The number of pyridine rings is 1. The van der Waals surface area contributed by atoms with Gasteiger partial charge in [-0.3, -0.25) is 0 Å². The number of carbonyl (C=O) groups is 2. The van der Waals surface area contributed by atoms with E-state index in [-0.39, 0.29) is 11.8 Å². The minimum Gasteiger partial charge on any atom is -0.240 e. The highest BCUT2D eigenvalue weighted by molar-refractivity contribution is 14.1. The zero-order valence-electron chi connectivity index (χ0n) is 12.1. The molecule has 0 fully saturated rings. The van der Waals surface area contributed by atoms with Gasteiger partial charge < -0.3 is 0 Å². The third-order valence-corrected chi connectivity index (χ3v) is 5.47. The number of nitrogens with zero attached hydrogens (tertiary/aromatic N) is 1. The summed E-state index contributed by atoms with van der Waals surface area (Å²) < 4.78 is 2.44. The summed E-state index contributed by atoms with van der Waals surface area (Å²) in [6, 6.07) is 9.13. The fourth-order valence-electron chi connectivity index (χ4n) is 2.11. The molecule has 0 atom stereocenters. The van der Waals surface area contributed by atoms with Crippen molar-refractivity contribution in [3.8, 4) is 0 Å². The number of halogens is 1. The van der Waals surface area contributed by atoms with Crippen molar-refractivity contribution in [2.45, 2.75) is 6.92 Å². The van der Waals surface area contributed by atoms with Crippen LogP contribution >= 0.6 is 45.3 Å². The van der Waals surface area contributed by atoms with Crippen molar-refractivity contribution in [2.24, 2.45) is 0 Å². The van der Waals surface area contributed by atoms with Gasteiger partial charge in [-0.25, -0.2) is 14.9 Å². The van der Waals surface area contributed by atoms with Gasteiger partial charge in [-0.15, -0.1) is 22.7 Å². The Kier molecular flexibility index (Phi) is 4.88. The Morgan fingerprint density at radius 1 is 1.13 bits per heavy atom. The molecule has 0 aliphatic carbocycles. The lowest BCUT2D eigenvalue weighted by Gasteiger charge is -2.07. The first-order valence-corrected chi connectivity index (χ1v) is 9.55. The molecule has 1 amide bonds. The summed E-state index contributed by atoms with van der Waals surface area (Å²) in [7, 11) is 0. The average molecular weight is 455 g/mol. The topological polar surface area (TPSA) is 50.0 Å². The van der Waals surface area contributed by atoms with Crippen molar-refractivity contribution < 1.29 is 14.2 Å². The molecule has 0 radical (unpaired) electrons. The number of thiophene rings is 2. The van der Waals surface area contributed by atoms with Gasteiger partial charge in [0.25, 0.3) is 5.82 Å². The van der Waals surface area contributed by atoms with Gasteiger partial charge in [0.15, 0.2) is 0 Å². The molecule has 0 saturated heterocycles. The summed E-state index contributed by atoms with van der Waals surface area (Å²) in [5.41, 5.74) is 0.840. The van der Waals surface area contributed by atoms with Gasteiger partial charge in [0.2, 0.25) is 0 Å². The first kappa shape index (κ1) is 16.3. The monoisotopic (exact) mass is 455 g/mol. The normalized spacial score (nSPS) is 10.5. The first-order valence-electron chi connectivity index (χ1n) is 6.71. The van der Waals surface area contributed by atoms with Crippen molar-refractivity contribution in [1.29, 1.82) is 0 Å². The van der Waals surface area contributed by atoms with E-state index in [1.807, 2.05) is 35.9 Å². The van der Waals surface area contributed by atoms with Gasteiger partial charge in [-0.1, -0.05) is 12.1 Å². The van der Waals surface area contributed by atoms with E-state index in [4.69, 9.17) is 0 Å². The maximum atomic E-state index is 12.7. The van der Waals surface area contributed by atoms with Crippen LogP contribution in [0.3, 0.4) is 0 Å². The Morgan fingerprint density at radius 3 is 2.39 bits per heavy atom. The molecule has 116 valence electrons. The molecule has 0 saturated carbocycles. The number of aryl methyl sites for hydroxylation is 1. The van der Waals surface area contributed by atoms with E-state index in [1.54, 1.807) is 18.3 Å². The zero-order valence-corrected chi connectivity index (χ0v) is 15.9. The quantitative estimate of drug-likeness (QED) is 0.481. The summed E-state index contributed by atoms with van der Waals surface area (Å²) in [5.74, 6) is 0.141. The molecule has 0 unspecified atom stereocenters. The zero-order chi connectivity index (χ0) is 16.4. The highest BCUT2D eigenvalue weighted by Crippen LogP contribution is 2.18. The van der Waals surface area contributed by atoms with Gasteiger partial charge >= 0.3 is 11.8 Å². The molecule has 7 heteroatoms. The van der Waals surface area contributed by atoms with Crippen LogP contribution in [0, 0.1) is 10.5 Å². The van der Waals surface area contributed by atoms with E-state index >= 15 is 0 Å². The highest BCUT2D eigenvalue weighted by atomic mass is 127. The van der Waals surface area contributed by atoms with Crippen LogP contribution in [0.4, 0.5) is 5.82 Å². The van der Waals surface area contributed by atoms with Crippen molar-refractivity contribution in [3.63, 3.8) is 0 Å². The number of carbonyl (C=O) groups excluding carboxylic acids is 2. The van der Waals surface area contributed by atoms with Gasteiger partial charge in [0.1, 0.15) is 16.0 Å². The molecule has 4 nitrogen and oxygen atoms in total. The molecule has 0 aliphatic heterocycles. The van der Waals surface area contributed by atoms with Gasteiger partial charge in [0.05, 0.1) is 3.57 Å². The maximum Gasteiger partial charge on any atom is 0.355 e. The lowest BCUT2D eigenvalue weighted by atomic mass is 10.2. The van der Waals surface area contributed by atoms with Crippen LogP contribution in [0.2, 0.25) is 0 Å². The molecule has 0 bridgehead atoms. The molecule has 0 aliphatic rings. The molecule has 23 heavy (non-hydrogen) atoms. The van der Waals surface area contributed by atoms with Crippen LogP contribution in [0.5, 0.6) is 0 Å². The lowest BCUT2D eigenvalue weighted by Crippen LogP contribution is -2.46. The molecule has 0 spiro atoms. The fraction of sp³-hybridized carbons (Fsp3) is 0.0625. The Hall–Kier alpha value is -1.58.